The fraction of sp³-hybridized carbons (Fsp3) is 0.462. The zero-order valence-electron chi connectivity index (χ0n) is 10.4. The summed E-state index contributed by atoms with van der Waals surface area (Å²) >= 11 is 1.19. The average Bonchev–Trinajstić information content (AvgIpc) is 2.27. The van der Waals surface area contributed by atoms with Crippen LogP contribution in [0.5, 0.6) is 0 Å². The van der Waals surface area contributed by atoms with Crippen molar-refractivity contribution >= 4 is 18.0 Å². The Labute approximate surface area is 109 Å². The highest BCUT2D eigenvalue weighted by molar-refractivity contribution is 8.00. The molecule has 0 bridgehead atoms. The van der Waals surface area contributed by atoms with Crippen molar-refractivity contribution in [2.75, 3.05) is 0 Å². The van der Waals surface area contributed by atoms with E-state index < -0.39 is 11.7 Å². The van der Waals surface area contributed by atoms with E-state index in [0.29, 0.717) is 6.29 Å². The van der Waals surface area contributed by atoms with Crippen LogP contribution in [0.15, 0.2) is 23.1 Å². The number of halogens is 3. The van der Waals surface area contributed by atoms with Crippen molar-refractivity contribution in [2.45, 2.75) is 37.1 Å². The van der Waals surface area contributed by atoms with E-state index in [4.69, 9.17) is 0 Å². The van der Waals surface area contributed by atoms with Gasteiger partial charge in [0.25, 0.3) is 0 Å². The van der Waals surface area contributed by atoms with E-state index in [2.05, 4.69) is 0 Å². The highest BCUT2D eigenvalue weighted by Crippen LogP contribution is 2.39. The number of alkyl halides is 3. The zero-order chi connectivity index (χ0) is 13.9. The molecule has 0 saturated heterocycles. The molecule has 1 rings (SSSR count). The molecule has 1 nitrogen and oxygen atoms in total. The van der Waals surface area contributed by atoms with E-state index in [1.165, 1.54) is 23.9 Å². The minimum Gasteiger partial charge on any atom is -0.298 e. The number of benzene rings is 1. The minimum atomic E-state index is -4.43. The maximum atomic E-state index is 12.9. The Morgan fingerprint density at radius 2 is 1.83 bits per heavy atom. The molecule has 1 unspecified atom stereocenters. The number of hydrogen-bond donors (Lipinski definition) is 0. The maximum Gasteiger partial charge on any atom is 0.417 e. The molecule has 0 aliphatic carbocycles. The van der Waals surface area contributed by atoms with Crippen molar-refractivity contribution in [1.29, 1.82) is 0 Å². The molecule has 0 aromatic heterocycles. The second-order valence-electron chi connectivity index (χ2n) is 4.44. The lowest BCUT2D eigenvalue weighted by atomic mass is 10.1. The highest BCUT2D eigenvalue weighted by atomic mass is 32.2. The van der Waals surface area contributed by atoms with Gasteiger partial charge in [-0.2, -0.15) is 13.2 Å². The van der Waals surface area contributed by atoms with E-state index >= 15 is 0 Å². The summed E-state index contributed by atoms with van der Waals surface area (Å²) in [6.07, 6.45) is -4.01. The van der Waals surface area contributed by atoms with Crippen LogP contribution in [-0.2, 0) is 6.18 Å². The molecule has 0 aliphatic rings. The molecule has 0 N–H and O–H groups in total. The van der Waals surface area contributed by atoms with E-state index in [-0.39, 0.29) is 21.6 Å². The number of carbonyl (C=O) groups is 1. The number of aldehydes is 1. The first-order chi connectivity index (χ1) is 8.25. The fourth-order valence-electron chi connectivity index (χ4n) is 1.28. The standard InChI is InChI=1S/C13H15F3OS/c1-8(2)9(3)18-12-5-4-10(7-17)6-11(12)13(14,15)16/h4-9H,1-3H3. The first-order valence-electron chi connectivity index (χ1n) is 5.58. The third-order valence-corrected chi connectivity index (χ3v) is 4.22. The number of carbonyl (C=O) groups excluding carboxylic acids is 1. The summed E-state index contributed by atoms with van der Waals surface area (Å²) in [7, 11) is 0. The second kappa shape index (κ2) is 5.78. The Bertz CT molecular complexity index is 427. The van der Waals surface area contributed by atoms with Gasteiger partial charge < -0.3 is 0 Å². The molecule has 1 aromatic rings. The predicted octanol–water partition coefficient (Wildman–Crippen LogP) is 4.65. The fourth-order valence-corrected chi connectivity index (χ4v) is 2.40. The van der Waals surface area contributed by atoms with Crippen molar-refractivity contribution in [3.05, 3.63) is 29.3 Å². The van der Waals surface area contributed by atoms with Gasteiger partial charge in [0.2, 0.25) is 0 Å². The molecule has 0 saturated carbocycles. The van der Waals surface area contributed by atoms with Crippen LogP contribution in [0.2, 0.25) is 0 Å². The van der Waals surface area contributed by atoms with Crippen molar-refractivity contribution in [3.8, 4) is 0 Å². The van der Waals surface area contributed by atoms with E-state index in [9.17, 15) is 18.0 Å². The van der Waals surface area contributed by atoms with Crippen LogP contribution in [0.1, 0.15) is 36.7 Å². The Hall–Kier alpha value is -0.970. The maximum absolute atomic E-state index is 12.9. The lowest BCUT2D eigenvalue weighted by Gasteiger charge is -2.18. The lowest BCUT2D eigenvalue weighted by Crippen LogP contribution is -2.11. The van der Waals surface area contributed by atoms with Gasteiger partial charge in [-0.1, -0.05) is 26.8 Å². The summed E-state index contributed by atoms with van der Waals surface area (Å²) < 4.78 is 38.7. The van der Waals surface area contributed by atoms with Crippen LogP contribution in [-0.4, -0.2) is 11.5 Å². The first-order valence-corrected chi connectivity index (χ1v) is 6.46. The third kappa shape index (κ3) is 3.77. The van der Waals surface area contributed by atoms with Crippen LogP contribution in [0.25, 0.3) is 0 Å². The molecule has 0 heterocycles. The number of hydrogen-bond acceptors (Lipinski definition) is 2. The topological polar surface area (TPSA) is 17.1 Å². The molecule has 1 atom stereocenters. The van der Waals surface area contributed by atoms with Gasteiger partial charge in [-0.15, -0.1) is 11.8 Å². The molecule has 5 heteroatoms. The van der Waals surface area contributed by atoms with Gasteiger partial charge >= 0.3 is 6.18 Å². The van der Waals surface area contributed by atoms with Crippen LogP contribution in [0.4, 0.5) is 13.2 Å². The quantitative estimate of drug-likeness (QED) is 0.588. The average molecular weight is 276 g/mol. The predicted molar refractivity (Wildman–Crippen MR) is 67.0 cm³/mol. The molecular formula is C13H15F3OS. The summed E-state index contributed by atoms with van der Waals surface area (Å²) in [5.41, 5.74) is -0.687. The molecule has 1 aromatic carbocycles. The van der Waals surface area contributed by atoms with Gasteiger partial charge in [-0.25, -0.2) is 0 Å². The summed E-state index contributed by atoms with van der Waals surface area (Å²) in [6.45, 7) is 5.82. The molecule has 0 aliphatic heterocycles. The van der Waals surface area contributed by atoms with Gasteiger partial charge in [0.05, 0.1) is 5.56 Å². The normalized spacial score (nSPS) is 13.7. The molecular weight excluding hydrogens is 261 g/mol. The van der Waals surface area contributed by atoms with E-state index in [1.54, 1.807) is 0 Å². The summed E-state index contributed by atoms with van der Waals surface area (Å²) in [5.74, 6) is 0.279. The van der Waals surface area contributed by atoms with Crippen LogP contribution in [0, 0.1) is 5.92 Å². The molecule has 100 valence electrons. The minimum absolute atomic E-state index is 0.0453. The monoisotopic (exact) mass is 276 g/mol. The summed E-state index contributed by atoms with van der Waals surface area (Å²) in [6, 6.07) is 3.69. The Kier molecular flexibility index (Phi) is 4.85. The largest absolute Gasteiger partial charge is 0.417 e. The van der Waals surface area contributed by atoms with E-state index in [0.717, 1.165) is 6.07 Å². The van der Waals surface area contributed by atoms with Crippen molar-refractivity contribution in [1.82, 2.24) is 0 Å². The van der Waals surface area contributed by atoms with Gasteiger partial charge in [-0.05, 0) is 18.1 Å². The number of thioether (sulfide) groups is 1. The highest BCUT2D eigenvalue weighted by Gasteiger charge is 2.34. The Balaban J connectivity index is 3.14. The van der Waals surface area contributed by atoms with E-state index in [1.807, 2.05) is 20.8 Å². The lowest BCUT2D eigenvalue weighted by molar-refractivity contribution is -0.139. The van der Waals surface area contributed by atoms with Crippen molar-refractivity contribution < 1.29 is 18.0 Å². The van der Waals surface area contributed by atoms with Crippen LogP contribution >= 0.6 is 11.8 Å². The van der Waals surface area contributed by atoms with Crippen LogP contribution in [0.3, 0.4) is 0 Å². The van der Waals surface area contributed by atoms with Crippen molar-refractivity contribution in [3.63, 3.8) is 0 Å². The van der Waals surface area contributed by atoms with Crippen LogP contribution < -0.4 is 0 Å². The molecule has 0 radical (unpaired) electrons. The summed E-state index contributed by atoms with van der Waals surface area (Å²) in [5, 5.41) is 0.0770. The first kappa shape index (κ1) is 15.1. The van der Waals surface area contributed by atoms with Gasteiger partial charge in [0.15, 0.2) is 0 Å². The summed E-state index contributed by atoms with van der Waals surface area (Å²) in [4.78, 5) is 10.7. The van der Waals surface area contributed by atoms with Gasteiger partial charge in [0.1, 0.15) is 6.29 Å². The Morgan fingerprint density at radius 3 is 2.28 bits per heavy atom. The zero-order valence-corrected chi connectivity index (χ0v) is 11.2. The smallest absolute Gasteiger partial charge is 0.298 e. The SMILES string of the molecule is CC(C)C(C)Sc1ccc(C=O)cc1C(F)(F)F. The molecule has 0 spiro atoms. The molecule has 0 fully saturated rings. The molecule has 0 amide bonds. The third-order valence-electron chi connectivity index (χ3n) is 2.70. The number of rotatable bonds is 4. The van der Waals surface area contributed by atoms with Gasteiger partial charge in [0, 0.05) is 15.7 Å². The second-order valence-corrected chi connectivity index (χ2v) is 5.86. The Morgan fingerprint density at radius 1 is 1.22 bits per heavy atom. The van der Waals surface area contributed by atoms with Crippen molar-refractivity contribution in [2.24, 2.45) is 5.92 Å². The van der Waals surface area contributed by atoms with Gasteiger partial charge in [-0.3, -0.25) is 4.79 Å². The molecule has 18 heavy (non-hydrogen) atoms.